The SMILES string of the molecule is CCc1nc(-c2ccc(C(=O)Nc3ccc(C(C)=O)cc3)cc2)no1. The minimum absolute atomic E-state index is 0.0128. The Hall–Kier alpha value is -3.28. The smallest absolute Gasteiger partial charge is 0.255 e. The third-order valence-corrected chi connectivity index (χ3v) is 3.73. The minimum Gasteiger partial charge on any atom is -0.339 e. The normalized spacial score (nSPS) is 10.5. The Kier molecular flexibility index (Phi) is 4.70. The molecular formula is C19H17N3O3. The van der Waals surface area contributed by atoms with Gasteiger partial charge < -0.3 is 9.84 Å². The van der Waals surface area contributed by atoms with Crippen molar-refractivity contribution in [3.63, 3.8) is 0 Å². The molecule has 25 heavy (non-hydrogen) atoms. The van der Waals surface area contributed by atoms with E-state index in [1.807, 2.05) is 6.92 Å². The van der Waals surface area contributed by atoms with Gasteiger partial charge in [-0.3, -0.25) is 9.59 Å². The molecule has 0 radical (unpaired) electrons. The molecule has 126 valence electrons. The largest absolute Gasteiger partial charge is 0.339 e. The predicted molar refractivity (Wildman–Crippen MR) is 93.5 cm³/mol. The zero-order valence-corrected chi connectivity index (χ0v) is 13.9. The van der Waals surface area contributed by atoms with Gasteiger partial charge in [-0.15, -0.1) is 0 Å². The molecule has 6 nitrogen and oxygen atoms in total. The first-order valence-corrected chi connectivity index (χ1v) is 7.92. The second-order valence-corrected chi connectivity index (χ2v) is 5.53. The van der Waals surface area contributed by atoms with Crippen LogP contribution in [0.15, 0.2) is 53.1 Å². The Labute approximate surface area is 144 Å². The fourth-order valence-corrected chi connectivity index (χ4v) is 2.28. The van der Waals surface area contributed by atoms with Crippen LogP contribution >= 0.6 is 0 Å². The van der Waals surface area contributed by atoms with Gasteiger partial charge in [0.05, 0.1) is 0 Å². The number of benzene rings is 2. The van der Waals surface area contributed by atoms with Crippen LogP contribution in [0.1, 0.15) is 40.5 Å². The van der Waals surface area contributed by atoms with Gasteiger partial charge in [0.25, 0.3) is 5.91 Å². The van der Waals surface area contributed by atoms with Gasteiger partial charge in [-0.1, -0.05) is 24.2 Å². The van der Waals surface area contributed by atoms with Crippen LogP contribution in [0.3, 0.4) is 0 Å². The van der Waals surface area contributed by atoms with Crippen molar-refractivity contribution < 1.29 is 14.1 Å². The molecule has 1 amide bonds. The van der Waals surface area contributed by atoms with E-state index in [9.17, 15) is 9.59 Å². The average Bonchev–Trinajstić information content (AvgIpc) is 3.11. The molecule has 0 saturated carbocycles. The summed E-state index contributed by atoms with van der Waals surface area (Å²) in [5.74, 6) is 0.833. The van der Waals surface area contributed by atoms with E-state index in [0.29, 0.717) is 35.0 Å². The van der Waals surface area contributed by atoms with Gasteiger partial charge >= 0.3 is 0 Å². The second-order valence-electron chi connectivity index (χ2n) is 5.53. The van der Waals surface area contributed by atoms with E-state index >= 15 is 0 Å². The second kappa shape index (κ2) is 7.09. The lowest BCUT2D eigenvalue weighted by atomic mass is 10.1. The van der Waals surface area contributed by atoms with Crippen molar-refractivity contribution in [1.29, 1.82) is 0 Å². The number of Topliss-reactive ketones (excluding diaryl/α,β-unsaturated/α-hetero) is 1. The van der Waals surface area contributed by atoms with E-state index in [1.54, 1.807) is 48.5 Å². The highest BCUT2D eigenvalue weighted by molar-refractivity contribution is 6.04. The number of carbonyl (C=O) groups excluding carboxylic acids is 2. The highest BCUT2D eigenvalue weighted by Gasteiger charge is 2.10. The van der Waals surface area contributed by atoms with Gasteiger partial charge in [0, 0.05) is 28.8 Å². The van der Waals surface area contributed by atoms with Crippen molar-refractivity contribution in [2.75, 3.05) is 5.32 Å². The highest BCUT2D eigenvalue weighted by Crippen LogP contribution is 2.18. The number of hydrogen-bond donors (Lipinski definition) is 1. The van der Waals surface area contributed by atoms with Crippen LogP contribution in [-0.4, -0.2) is 21.8 Å². The Morgan fingerprint density at radius 3 is 2.20 bits per heavy atom. The van der Waals surface area contributed by atoms with Gasteiger partial charge in [0.15, 0.2) is 5.78 Å². The molecule has 6 heteroatoms. The van der Waals surface area contributed by atoms with E-state index in [1.165, 1.54) is 6.92 Å². The Balaban J connectivity index is 1.71. The van der Waals surface area contributed by atoms with Crippen molar-refractivity contribution in [3.8, 4) is 11.4 Å². The van der Waals surface area contributed by atoms with Crippen molar-refractivity contribution in [3.05, 3.63) is 65.5 Å². The van der Waals surface area contributed by atoms with E-state index in [2.05, 4.69) is 15.5 Å². The lowest BCUT2D eigenvalue weighted by molar-refractivity contribution is 0.101. The van der Waals surface area contributed by atoms with E-state index in [-0.39, 0.29) is 11.7 Å². The van der Waals surface area contributed by atoms with E-state index in [0.717, 1.165) is 5.56 Å². The lowest BCUT2D eigenvalue weighted by Crippen LogP contribution is -2.11. The van der Waals surface area contributed by atoms with Gasteiger partial charge in [-0.25, -0.2) is 0 Å². The van der Waals surface area contributed by atoms with Crippen molar-refractivity contribution in [2.24, 2.45) is 0 Å². The van der Waals surface area contributed by atoms with Crippen LogP contribution in [0.2, 0.25) is 0 Å². The standard InChI is InChI=1S/C19H17N3O3/c1-3-17-21-18(22-25-17)14-4-6-15(7-5-14)19(24)20-16-10-8-13(9-11-16)12(2)23/h4-11H,3H2,1-2H3,(H,20,24). The number of anilines is 1. The number of nitrogens with zero attached hydrogens (tertiary/aromatic N) is 2. The number of rotatable bonds is 5. The van der Waals surface area contributed by atoms with Gasteiger partial charge in [-0.2, -0.15) is 4.98 Å². The number of aromatic nitrogens is 2. The maximum Gasteiger partial charge on any atom is 0.255 e. The van der Waals surface area contributed by atoms with Crippen LogP contribution in [0.4, 0.5) is 5.69 Å². The fourth-order valence-electron chi connectivity index (χ4n) is 2.28. The number of ketones is 1. The van der Waals surface area contributed by atoms with Gasteiger partial charge in [0.2, 0.25) is 11.7 Å². The number of carbonyl (C=O) groups is 2. The molecule has 0 aliphatic carbocycles. The van der Waals surface area contributed by atoms with Crippen molar-refractivity contribution in [2.45, 2.75) is 20.3 Å². The number of nitrogens with one attached hydrogen (secondary N) is 1. The summed E-state index contributed by atoms with van der Waals surface area (Å²) in [5, 5.41) is 6.70. The van der Waals surface area contributed by atoms with Crippen LogP contribution in [0, 0.1) is 0 Å². The first-order chi connectivity index (χ1) is 12.1. The molecular weight excluding hydrogens is 318 g/mol. The average molecular weight is 335 g/mol. The molecule has 0 spiro atoms. The first kappa shape index (κ1) is 16.6. The van der Waals surface area contributed by atoms with Crippen LogP contribution in [-0.2, 0) is 6.42 Å². The van der Waals surface area contributed by atoms with Crippen LogP contribution < -0.4 is 5.32 Å². The summed E-state index contributed by atoms with van der Waals surface area (Å²) in [7, 11) is 0. The molecule has 0 bridgehead atoms. The molecule has 0 saturated heterocycles. The van der Waals surface area contributed by atoms with E-state index in [4.69, 9.17) is 4.52 Å². The predicted octanol–water partition coefficient (Wildman–Crippen LogP) is 3.75. The Morgan fingerprint density at radius 1 is 1.00 bits per heavy atom. The third kappa shape index (κ3) is 3.80. The number of aryl methyl sites for hydroxylation is 1. The van der Waals surface area contributed by atoms with Gasteiger partial charge in [-0.05, 0) is 43.3 Å². The van der Waals surface area contributed by atoms with E-state index < -0.39 is 0 Å². The van der Waals surface area contributed by atoms with Crippen molar-refractivity contribution in [1.82, 2.24) is 10.1 Å². The summed E-state index contributed by atoms with van der Waals surface area (Å²) in [6, 6.07) is 13.7. The minimum atomic E-state index is -0.232. The molecule has 0 atom stereocenters. The summed E-state index contributed by atoms with van der Waals surface area (Å²) in [6.45, 7) is 3.44. The third-order valence-electron chi connectivity index (χ3n) is 3.73. The highest BCUT2D eigenvalue weighted by atomic mass is 16.5. The zero-order chi connectivity index (χ0) is 17.8. The molecule has 1 N–H and O–H groups in total. The first-order valence-electron chi connectivity index (χ1n) is 7.92. The fraction of sp³-hybridized carbons (Fsp3) is 0.158. The summed E-state index contributed by atoms with van der Waals surface area (Å²) in [4.78, 5) is 27.8. The maximum atomic E-state index is 12.3. The van der Waals surface area contributed by atoms with Crippen LogP contribution in [0.25, 0.3) is 11.4 Å². The monoisotopic (exact) mass is 335 g/mol. The Morgan fingerprint density at radius 2 is 1.64 bits per heavy atom. The summed E-state index contributed by atoms with van der Waals surface area (Å²) in [5.41, 5.74) is 2.53. The summed E-state index contributed by atoms with van der Waals surface area (Å²) >= 11 is 0. The number of hydrogen-bond acceptors (Lipinski definition) is 5. The molecule has 3 rings (SSSR count). The van der Waals surface area contributed by atoms with Gasteiger partial charge in [0.1, 0.15) is 0 Å². The molecule has 1 aromatic heterocycles. The molecule has 0 unspecified atom stereocenters. The summed E-state index contributed by atoms with van der Waals surface area (Å²) in [6.07, 6.45) is 0.676. The number of amides is 1. The quantitative estimate of drug-likeness (QED) is 0.718. The topological polar surface area (TPSA) is 85.1 Å². The Bertz CT molecular complexity index is 896. The molecule has 0 aliphatic rings. The maximum absolute atomic E-state index is 12.3. The molecule has 2 aromatic carbocycles. The molecule has 3 aromatic rings. The molecule has 0 fully saturated rings. The molecule has 1 heterocycles. The molecule has 0 aliphatic heterocycles. The summed E-state index contributed by atoms with van der Waals surface area (Å²) < 4.78 is 5.09. The zero-order valence-electron chi connectivity index (χ0n) is 13.9. The lowest BCUT2D eigenvalue weighted by Gasteiger charge is -2.06. The van der Waals surface area contributed by atoms with Crippen LogP contribution in [0.5, 0.6) is 0 Å². The van der Waals surface area contributed by atoms with Crippen molar-refractivity contribution >= 4 is 17.4 Å².